The van der Waals surface area contributed by atoms with Crippen molar-refractivity contribution < 1.29 is 13.5 Å². The van der Waals surface area contributed by atoms with Crippen LogP contribution in [0.4, 0.5) is 0 Å². The van der Waals surface area contributed by atoms with Gasteiger partial charge in [0.2, 0.25) is 10.0 Å². The van der Waals surface area contributed by atoms with Crippen molar-refractivity contribution in [3.8, 4) is 11.8 Å². The molecule has 0 heterocycles. The van der Waals surface area contributed by atoms with Crippen LogP contribution in [0.1, 0.15) is 28.4 Å². The monoisotopic (exact) mass is 455 g/mol. The number of hydrogen-bond donors (Lipinski definition) is 1. The van der Waals surface area contributed by atoms with E-state index < -0.39 is 16.1 Å². The third-order valence-electron chi connectivity index (χ3n) is 5.52. The fourth-order valence-electron chi connectivity index (χ4n) is 3.58. The summed E-state index contributed by atoms with van der Waals surface area (Å²) in [4.78, 5) is 0.195. The number of aliphatic hydroxyl groups excluding tert-OH is 1. The molecule has 4 aromatic rings. The summed E-state index contributed by atoms with van der Waals surface area (Å²) in [7, 11) is -0.517. The van der Waals surface area contributed by atoms with E-state index in [2.05, 4.69) is 24.0 Å². The Morgan fingerprint density at radius 3 is 2.18 bits per heavy atom. The van der Waals surface area contributed by atoms with Gasteiger partial charge in [-0.25, -0.2) is 12.7 Å². The minimum Gasteiger partial charge on any atom is -0.384 e. The second-order valence-corrected chi connectivity index (χ2v) is 10.2. The summed E-state index contributed by atoms with van der Waals surface area (Å²) in [6.07, 6.45) is -0.171. The second-order valence-electron chi connectivity index (χ2n) is 8.04. The third kappa shape index (κ3) is 5.15. The number of nitrogens with zero attached hydrogens (tertiary/aromatic N) is 1. The number of rotatable bonds is 5. The maximum atomic E-state index is 12.3. The Morgan fingerprint density at radius 2 is 1.48 bits per heavy atom. The van der Waals surface area contributed by atoms with Gasteiger partial charge in [-0.2, -0.15) is 0 Å². The van der Waals surface area contributed by atoms with Crippen LogP contribution in [-0.4, -0.2) is 31.9 Å². The van der Waals surface area contributed by atoms with E-state index in [0.717, 1.165) is 21.9 Å². The van der Waals surface area contributed by atoms with E-state index in [-0.39, 0.29) is 4.90 Å². The Labute approximate surface area is 195 Å². The molecule has 0 spiro atoms. The van der Waals surface area contributed by atoms with Crippen LogP contribution in [0.5, 0.6) is 0 Å². The van der Waals surface area contributed by atoms with E-state index >= 15 is 0 Å². The van der Waals surface area contributed by atoms with Gasteiger partial charge in [0.05, 0.1) is 4.90 Å². The molecule has 0 amide bonds. The van der Waals surface area contributed by atoms with Gasteiger partial charge in [-0.1, -0.05) is 72.5 Å². The zero-order valence-corrected chi connectivity index (χ0v) is 19.4. The van der Waals surface area contributed by atoms with Crippen molar-refractivity contribution in [1.82, 2.24) is 4.31 Å². The number of fused-ring (bicyclic) bond motifs is 1. The summed E-state index contributed by atoms with van der Waals surface area (Å²) in [6.45, 7) is 0. The van der Waals surface area contributed by atoms with E-state index in [4.69, 9.17) is 0 Å². The summed E-state index contributed by atoms with van der Waals surface area (Å²) in [5, 5.41) is 13.0. The van der Waals surface area contributed by atoms with E-state index in [1.807, 2.05) is 54.6 Å². The van der Waals surface area contributed by atoms with Gasteiger partial charge < -0.3 is 5.11 Å². The van der Waals surface area contributed by atoms with Crippen molar-refractivity contribution in [3.63, 3.8) is 0 Å². The highest BCUT2D eigenvalue weighted by molar-refractivity contribution is 7.89. The maximum absolute atomic E-state index is 12.3. The zero-order valence-electron chi connectivity index (χ0n) is 18.6. The number of sulfonamides is 1. The lowest BCUT2D eigenvalue weighted by atomic mass is 9.98. The quantitative estimate of drug-likeness (QED) is 0.441. The molecule has 0 saturated carbocycles. The van der Waals surface area contributed by atoms with Crippen LogP contribution < -0.4 is 0 Å². The highest BCUT2D eigenvalue weighted by Gasteiger charge is 2.18. The van der Waals surface area contributed by atoms with Gasteiger partial charge in [-0.15, -0.1) is 0 Å². The Hall–Kier alpha value is -3.43. The predicted octanol–water partition coefficient (Wildman–Crippen LogP) is 4.77. The highest BCUT2D eigenvalue weighted by atomic mass is 32.2. The number of benzene rings is 4. The molecule has 1 atom stereocenters. The van der Waals surface area contributed by atoms with E-state index in [1.54, 1.807) is 12.1 Å². The molecule has 0 aliphatic heterocycles. The fraction of sp³-hybridized carbons (Fsp3) is 0.143. The van der Waals surface area contributed by atoms with Crippen LogP contribution in [0, 0.1) is 11.8 Å². The molecule has 0 aromatic heterocycles. The largest absolute Gasteiger partial charge is 0.384 e. The minimum absolute atomic E-state index is 0.195. The number of hydrogen-bond acceptors (Lipinski definition) is 3. The van der Waals surface area contributed by atoms with Crippen molar-refractivity contribution in [2.75, 3.05) is 14.1 Å². The molecule has 0 radical (unpaired) electrons. The predicted molar refractivity (Wildman–Crippen MR) is 132 cm³/mol. The van der Waals surface area contributed by atoms with Crippen molar-refractivity contribution in [2.24, 2.45) is 0 Å². The van der Waals surface area contributed by atoms with E-state index in [0.29, 0.717) is 12.0 Å². The first-order valence-corrected chi connectivity index (χ1v) is 12.1. The van der Waals surface area contributed by atoms with Crippen LogP contribution in [0.25, 0.3) is 10.8 Å². The lowest BCUT2D eigenvalue weighted by Crippen LogP contribution is -2.22. The summed E-state index contributed by atoms with van der Waals surface area (Å²) in [5.74, 6) is 6.44. The average molecular weight is 456 g/mol. The summed E-state index contributed by atoms with van der Waals surface area (Å²) >= 11 is 0. The molecule has 0 fully saturated rings. The summed E-state index contributed by atoms with van der Waals surface area (Å²) < 4.78 is 25.7. The smallest absolute Gasteiger partial charge is 0.242 e. The molecule has 1 unspecified atom stereocenters. The van der Waals surface area contributed by atoms with Gasteiger partial charge >= 0.3 is 0 Å². The maximum Gasteiger partial charge on any atom is 0.242 e. The van der Waals surface area contributed by atoms with Crippen LogP contribution in [0.2, 0.25) is 0 Å². The topological polar surface area (TPSA) is 57.6 Å². The lowest BCUT2D eigenvalue weighted by Gasteiger charge is -2.15. The van der Waals surface area contributed by atoms with Crippen molar-refractivity contribution in [3.05, 3.63) is 113 Å². The molecule has 33 heavy (non-hydrogen) atoms. The normalized spacial score (nSPS) is 12.4. The fourth-order valence-corrected chi connectivity index (χ4v) is 4.48. The molecular formula is C28H25NO3S. The van der Waals surface area contributed by atoms with E-state index in [1.165, 1.54) is 36.1 Å². The molecule has 0 aliphatic rings. The van der Waals surface area contributed by atoms with Crippen molar-refractivity contribution >= 4 is 20.8 Å². The molecule has 0 bridgehead atoms. The van der Waals surface area contributed by atoms with Crippen LogP contribution >= 0.6 is 0 Å². The molecule has 0 saturated heterocycles. The van der Waals surface area contributed by atoms with Gasteiger partial charge in [0.1, 0.15) is 6.10 Å². The van der Waals surface area contributed by atoms with Crippen LogP contribution in [0.15, 0.2) is 95.9 Å². The Kier molecular flexibility index (Phi) is 6.62. The molecule has 4 rings (SSSR count). The first-order chi connectivity index (χ1) is 15.8. The molecule has 4 aromatic carbocycles. The van der Waals surface area contributed by atoms with Gasteiger partial charge in [0, 0.05) is 26.1 Å². The van der Waals surface area contributed by atoms with E-state index in [9.17, 15) is 13.5 Å². The molecule has 166 valence electrons. The van der Waals surface area contributed by atoms with Crippen molar-refractivity contribution in [2.45, 2.75) is 17.4 Å². The molecular weight excluding hydrogens is 430 g/mol. The first-order valence-electron chi connectivity index (χ1n) is 10.6. The first kappa shape index (κ1) is 22.8. The van der Waals surface area contributed by atoms with Gasteiger partial charge in [-0.3, -0.25) is 0 Å². The Balaban J connectivity index is 1.57. The average Bonchev–Trinajstić information content (AvgIpc) is 2.84. The lowest BCUT2D eigenvalue weighted by molar-refractivity contribution is 0.220. The Morgan fingerprint density at radius 1 is 0.818 bits per heavy atom. The Bertz CT molecular complexity index is 1430. The highest BCUT2D eigenvalue weighted by Crippen LogP contribution is 2.27. The third-order valence-corrected chi connectivity index (χ3v) is 7.35. The minimum atomic E-state index is -3.50. The molecule has 1 N–H and O–H groups in total. The van der Waals surface area contributed by atoms with Crippen molar-refractivity contribution in [1.29, 1.82) is 0 Å². The van der Waals surface area contributed by atoms with Gasteiger partial charge in [0.25, 0.3) is 0 Å². The standard InChI is InChI=1S/C28H25NO3S/c1-29(2)33(31,32)27-17-15-24(16-18-27)28(30)25-14-13-23-12-11-22(19-26(23)20-25)10-6-9-21-7-4-3-5-8-21/h3-5,7-8,11-20,28,30H,9H2,1-2H3. The zero-order chi connectivity index (χ0) is 23.4. The van der Waals surface area contributed by atoms with Gasteiger partial charge in [0.15, 0.2) is 0 Å². The summed E-state index contributed by atoms with van der Waals surface area (Å²) in [5.41, 5.74) is 3.47. The number of aliphatic hydroxyl groups is 1. The molecule has 0 aliphatic carbocycles. The second kappa shape index (κ2) is 9.60. The summed E-state index contributed by atoms with van der Waals surface area (Å²) in [6, 6.07) is 28.3. The molecule has 5 heteroatoms. The van der Waals surface area contributed by atoms with Crippen LogP contribution in [-0.2, 0) is 16.4 Å². The molecule has 4 nitrogen and oxygen atoms in total. The van der Waals surface area contributed by atoms with Gasteiger partial charge in [-0.05, 0) is 57.8 Å². The SMILES string of the molecule is CN(C)S(=O)(=O)c1ccc(C(O)c2ccc3ccc(C#CCc4ccccc4)cc3c2)cc1. The van der Waals surface area contributed by atoms with Crippen LogP contribution in [0.3, 0.4) is 0 Å².